The zero-order valence-corrected chi connectivity index (χ0v) is 16.1. The lowest BCUT2D eigenvalue weighted by Crippen LogP contribution is -2.61. The molecule has 144 valence electrons. The van der Waals surface area contributed by atoms with E-state index < -0.39 is 0 Å². The van der Waals surface area contributed by atoms with Gasteiger partial charge in [-0.25, -0.2) is 0 Å². The number of hydrogen-bond donors (Lipinski definition) is 0. The molecular formula is C20H27N5O2. The predicted octanol–water partition coefficient (Wildman–Crippen LogP) is 2.26. The number of amides is 1. The minimum atomic E-state index is -0.0286. The van der Waals surface area contributed by atoms with Crippen LogP contribution in [0.2, 0.25) is 0 Å². The van der Waals surface area contributed by atoms with E-state index in [0.717, 1.165) is 51.1 Å². The number of rotatable bonds is 3. The molecule has 2 aliphatic rings. The zero-order chi connectivity index (χ0) is 18.9. The number of likely N-dealkylation sites (N-methyl/N-ethyl adjacent to an activating group) is 1. The van der Waals surface area contributed by atoms with Gasteiger partial charge >= 0.3 is 6.01 Å². The average molecular weight is 369 g/mol. The molecule has 0 unspecified atom stereocenters. The fourth-order valence-electron chi connectivity index (χ4n) is 4.24. The van der Waals surface area contributed by atoms with Crippen molar-refractivity contribution in [3.63, 3.8) is 0 Å². The van der Waals surface area contributed by atoms with Gasteiger partial charge in [-0.3, -0.25) is 9.69 Å². The van der Waals surface area contributed by atoms with Crippen LogP contribution < -0.4 is 4.90 Å². The number of benzene rings is 1. The molecule has 2 saturated heterocycles. The molecule has 2 aliphatic heterocycles. The molecule has 0 saturated carbocycles. The molecule has 1 spiro atoms. The van der Waals surface area contributed by atoms with Crippen LogP contribution in [-0.2, 0) is 4.79 Å². The van der Waals surface area contributed by atoms with Crippen LogP contribution >= 0.6 is 0 Å². The second kappa shape index (κ2) is 7.31. The van der Waals surface area contributed by atoms with Crippen molar-refractivity contribution in [2.45, 2.75) is 31.7 Å². The van der Waals surface area contributed by atoms with E-state index in [1.54, 1.807) is 0 Å². The second-order valence-electron chi connectivity index (χ2n) is 7.56. The Labute approximate surface area is 159 Å². The summed E-state index contributed by atoms with van der Waals surface area (Å²) in [5.74, 6) is 0.885. The Hall–Kier alpha value is -2.41. The summed E-state index contributed by atoms with van der Waals surface area (Å²) in [6.45, 7) is 6.23. The number of likely N-dealkylation sites (tertiary alicyclic amines) is 1. The van der Waals surface area contributed by atoms with Gasteiger partial charge in [0.15, 0.2) is 0 Å². The van der Waals surface area contributed by atoms with E-state index in [-0.39, 0.29) is 11.4 Å². The fraction of sp³-hybridized carbons (Fsp3) is 0.550. The molecule has 1 aromatic carbocycles. The normalized spacial score (nSPS) is 24.4. The first-order valence-electron chi connectivity index (χ1n) is 9.74. The molecule has 1 amide bonds. The van der Waals surface area contributed by atoms with E-state index in [9.17, 15) is 4.79 Å². The van der Waals surface area contributed by atoms with Crippen LogP contribution in [0.15, 0.2) is 34.9 Å². The van der Waals surface area contributed by atoms with Crippen molar-refractivity contribution in [2.75, 3.05) is 44.7 Å². The van der Waals surface area contributed by atoms with Crippen molar-refractivity contribution >= 4 is 11.9 Å². The highest BCUT2D eigenvalue weighted by Gasteiger charge is 2.43. The van der Waals surface area contributed by atoms with Crippen molar-refractivity contribution in [3.8, 4) is 11.4 Å². The minimum absolute atomic E-state index is 0.0286. The highest BCUT2D eigenvalue weighted by atomic mass is 16.5. The number of anilines is 1. The second-order valence-corrected chi connectivity index (χ2v) is 7.56. The summed E-state index contributed by atoms with van der Waals surface area (Å²) >= 11 is 0. The maximum Gasteiger partial charge on any atom is 0.324 e. The first-order chi connectivity index (χ1) is 13.1. The van der Waals surface area contributed by atoms with Gasteiger partial charge in [-0.2, -0.15) is 4.98 Å². The first-order valence-corrected chi connectivity index (χ1v) is 9.74. The maximum atomic E-state index is 12.3. The van der Waals surface area contributed by atoms with Crippen molar-refractivity contribution in [1.29, 1.82) is 0 Å². The van der Waals surface area contributed by atoms with Crippen molar-refractivity contribution in [3.05, 3.63) is 30.3 Å². The molecule has 0 bridgehead atoms. The van der Waals surface area contributed by atoms with Crippen LogP contribution in [0.5, 0.6) is 0 Å². The van der Waals surface area contributed by atoms with Crippen LogP contribution in [0.1, 0.15) is 26.2 Å². The molecule has 7 heteroatoms. The number of nitrogens with zero attached hydrogens (tertiary/aromatic N) is 5. The fourth-order valence-corrected chi connectivity index (χ4v) is 4.24. The third-order valence-electron chi connectivity index (χ3n) is 6.10. The van der Waals surface area contributed by atoms with E-state index in [1.807, 2.05) is 35.2 Å². The average Bonchev–Trinajstić information content (AvgIpc) is 3.13. The van der Waals surface area contributed by atoms with Crippen LogP contribution in [0.3, 0.4) is 0 Å². The number of carbonyl (C=O) groups excluding carboxylic acids is 1. The van der Waals surface area contributed by atoms with Gasteiger partial charge in [0.05, 0.1) is 0 Å². The summed E-state index contributed by atoms with van der Waals surface area (Å²) in [6, 6.07) is 10.5. The molecule has 0 N–H and O–H groups in total. The molecular weight excluding hydrogens is 342 g/mol. The van der Waals surface area contributed by atoms with Crippen LogP contribution in [-0.4, -0.2) is 71.2 Å². The SMILES string of the molecule is CCN1CC[C@]2(CCC1=O)CN(c1nc(-c3ccccc3)no1)CCN2C. The van der Waals surface area contributed by atoms with E-state index in [4.69, 9.17) is 4.52 Å². The van der Waals surface area contributed by atoms with Gasteiger partial charge in [0.25, 0.3) is 0 Å². The number of hydrogen-bond acceptors (Lipinski definition) is 6. The molecule has 4 rings (SSSR count). The summed E-state index contributed by atoms with van der Waals surface area (Å²) in [5, 5.41) is 4.17. The van der Waals surface area contributed by atoms with Crippen molar-refractivity contribution in [2.24, 2.45) is 0 Å². The lowest BCUT2D eigenvalue weighted by molar-refractivity contribution is -0.130. The maximum absolute atomic E-state index is 12.3. The lowest BCUT2D eigenvalue weighted by Gasteiger charge is -2.48. The Balaban J connectivity index is 1.54. The summed E-state index contributed by atoms with van der Waals surface area (Å²) in [7, 11) is 2.17. The van der Waals surface area contributed by atoms with Crippen LogP contribution in [0, 0.1) is 0 Å². The molecule has 1 aromatic heterocycles. The van der Waals surface area contributed by atoms with Gasteiger partial charge in [-0.05, 0) is 26.8 Å². The van der Waals surface area contributed by atoms with Crippen LogP contribution in [0.4, 0.5) is 6.01 Å². The van der Waals surface area contributed by atoms with E-state index in [2.05, 4.69) is 33.9 Å². The van der Waals surface area contributed by atoms with Gasteiger partial charge in [-0.1, -0.05) is 35.5 Å². The smallest absolute Gasteiger partial charge is 0.324 e. The Morgan fingerprint density at radius 3 is 2.74 bits per heavy atom. The standard InChI is InChI=1S/C20H27N5O2/c1-3-24-12-11-20(10-9-17(24)26)15-25(14-13-23(20)2)19-21-18(22-27-19)16-7-5-4-6-8-16/h4-8H,3,9-15H2,1-2H3/t20-/m1/s1. The number of aromatic nitrogens is 2. The molecule has 27 heavy (non-hydrogen) atoms. The van der Waals surface area contributed by atoms with Gasteiger partial charge in [0, 0.05) is 50.2 Å². The molecule has 0 aliphatic carbocycles. The Morgan fingerprint density at radius 1 is 1.15 bits per heavy atom. The Bertz CT molecular complexity index is 793. The number of piperazine rings is 1. The van der Waals surface area contributed by atoms with E-state index >= 15 is 0 Å². The Kier molecular flexibility index (Phi) is 4.86. The van der Waals surface area contributed by atoms with Gasteiger partial charge < -0.3 is 14.3 Å². The number of carbonyl (C=O) groups is 1. The van der Waals surface area contributed by atoms with Crippen LogP contribution in [0.25, 0.3) is 11.4 Å². The molecule has 2 fully saturated rings. The summed E-state index contributed by atoms with van der Waals surface area (Å²) in [6.07, 6.45) is 2.44. The molecule has 1 atom stereocenters. The first kappa shape index (κ1) is 18.0. The monoisotopic (exact) mass is 369 g/mol. The van der Waals surface area contributed by atoms with Gasteiger partial charge in [-0.15, -0.1) is 0 Å². The van der Waals surface area contributed by atoms with Crippen molar-refractivity contribution < 1.29 is 9.32 Å². The molecule has 0 radical (unpaired) electrons. The van der Waals surface area contributed by atoms with E-state index in [1.165, 1.54) is 0 Å². The zero-order valence-electron chi connectivity index (χ0n) is 16.1. The quantitative estimate of drug-likeness (QED) is 0.827. The summed E-state index contributed by atoms with van der Waals surface area (Å²) < 4.78 is 5.59. The third kappa shape index (κ3) is 3.43. The lowest BCUT2D eigenvalue weighted by atomic mass is 9.86. The summed E-state index contributed by atoms with van der Waals surface area (Å²) in [4.78, 5) is 23.6. The van der Waals surface area contributed by atoms with Crippen molar-refractivity contribution in [1.82, 2.24) is 19.9 Å². The molecule has 2 aromatic rings. The molecule has 7 nitrogen and oxygen atoms in total. The summed E-state index contributed by atoms with van der Waals surface area (Å²) in [5.41, 5.74) is 0.925. The highest BCUT2D eigenvalue weighted by molar-refractivity contribution is 5.76. The highest BCUT2D eigenvalue weighted by Crippen LogP contribution is 2.34. The topological polar surface area (TPSA) is 65.7 Å². The van der Waals surface area contributed by atoms with E-state index in [0.29, 0.717) is 18.3 Å². The predicted molar refractivity (Wildman–Crippen MR) is 103 cm³/mol. The molecule has 3 heterocycles. The van der Waals surface area contributed by atoms with Gasteiger partial charge in [0.2, 0.25) is 11.7 Å². The Morgan fingerprint density at radius 2 is 1.96 bits per heavy atom. The largest absolute Gasteiger partial charge is 0.343 e. The third-order valence-corrected chi connectivity index (χ3v) is 6.10. The van der Waals surface area contributed by atoms with Gasteiger partial charge in [0.1, 0.15) is 0 Å². The minimum Gasteiger partial charge on any atom is -0.343 e.